The van der Waals surface area contributed by atoms with Gasteiger partial charge in [-0.2, -0.15) is 9.78 Å². The molecule has 0 fully saturated rings. The van der Waals surface area contributed by atoms with E-state index < -0.39 is 5.97 Å². The van der Waals surface area contributed by atoms with Gasteiger partial charge in [0.1, 0.15) is 5.58 Å². The van der Waals surface area contributed by atoms with Crippen LogP contribution in [0.2, 0.25) is 0 Å². The molecule has 0 unspecified atom stereocenters. The van der Waals surface area contributed by atoms with E-state index in [-0.39, 0.29) is 24.1 Å². The zero-order valence-electron chi connectivity index (χ0n) is 24.0. The minimum atomic E-state index is -0.485. The SMILES string of the molecule is C=CCc1cc(C=Nn2c(-c3cc4cc(Br)ccc4o3)nc3ccccc3c2=O)cc(OCC)c1OCC(=O)OC(C)C. The van der Waals surface area contributed by atoms with Gasteiger partial charge in [-0.3, -0.25) is 4.79 Å². The van der Waals surface area contributed by atoms with Crippen LogP contribution in [0.4, 0.5) is 0 Å². The van der Waals surface area contributed by atoms with Crippen molar-refractivity contribution >= 4 is 50.0 Å². The average molecular weight is 645 g/mol. The second kappa shape index (κ2) is 13.1. The third-order valence-electron chi connectivity index (χ3n) is 6.29. The van der Waals surface area contributed by atoms with Crippen molar-refractivity contribution in [1.29, 1.82) is 0 Å². The first-order valence-electron chi connectivity index (χ1n) is 13.8. The highest BCUT2D eigenvalue weighted by Gasteiger charge is 2.18. The molecule has 9 nitrogen and oxygen atoms in total. The maximum atomic E-state index is 13.7. The first-order chi connectivity index (χ1) is 20.8. The van der Waals surface area contributed by atoms with Crippen molar-refractivity contribution in [3.05, 3.63) is 99.3 Å². The van der Waals surface area contributed by atoms with E-state index >= 15 is 0 Å². The second-order valence-corrected chi connectivity index (χ2v) is 10.8. The molecule has 0 radical (unpaired) electrons. The topological polar surface area (TPSA) is 105 Å². The van der Waals surface area contributed by atoms with Crippen LogP contribution in [-0.4, -0.2) is 41.2 Å². The quantitative estimate of drug-likeness (QED) is 0.0874. The molecule has 3 aromatic carbocycles. The molecule has 43 heavy (non-hydrogen) atoms. The molecule has 0 aliphatic carbocycles. The van der Waals surface area contributed by atoms with E-state index in [4.69, 9.17) is 23.6 Å². The van der Waals surface area contributed by atoms with Crippen molar-refractivity contribution in [3.8, 4) is 23.1 Å². The number of para-hydroxylation sites is 1. The number of ether oxygens (including phenoxy) is 3. The van der Waals surface area contributed by atoms with Gasteiger partial charge >= 0.3 is 5.97 Å². The summed E-state index contributed by atoms with van der Waals surface area (Å²) in [5.41, 5.74) is 2.20. The fraction of sp³-hybridized carbons (Fsp3) is 0.212. The number of halogens is 1. The lowest BCUT2D eigenvalue weighted by Gasteiger charge is -2.17. The van der Waals surface area contributed by atoms with E-state index in [1.807, 2.05) is 43.3 Å². The zero-order chi connectivity index (χ0) is 30.5. The lowest BCUT2D eigenvalue weighted by Crippen LogP contribution is -2.20. The largest absolute Gasteiger partial charge is 0.490 e. The van der Waals surface area contributed by atoms with Crippen LogP contribution in [-0.2, 0) is 16.0 Å². The number of benzene rings is 3. The molecule has 0 aliphatic heterocycles. The number of carbonyl (C=O) groups is 1. The van der Waals surface area contributed by atoms with Crippen LogP contribution < -0.4 is 15.0 Å². The molecule has 0 saturated carbocycles. The Kier molecular flexibility index (Phi) is 9.06. The molecule has 0 N–H and O–H groups in total. The molecule has 5 rings (SSSR count). The Morgan fingerprint density at radius 1 is 1.14 bits per heavy atom. The lowest BCUT2D eigenvalue weighted by atomic mass is 10.1. The van der Waals surface area contributed by atoms with E-state index in [2.05, 4.69) is 27.6 Å². The number of allylic oxidation sites excluding steroid dienone is 1. The smallest absolute Gasteiger partial charge is 0.344 e. The molecular formula is C33H30BrN3O6. The predicted molar refractivity (Wildman–Crippen MR) is 170 cm³/mol. The van der Waals surface area contributed by atoms with E-state index in [0.29, 0.717) is 52.3 Å². The van der Waals surface area contributed by atoms with Gasteiger partial charge in [0, 0.05) is 15.4 Å². The molecular weight excluding hydrogens is 614 g/mol. The van der Waals surface area contributed by atoms with Crippen LogP contribution in [0.3, 0.4) is 0 Å². The Bertz CT molecular complexity index is 1910. The molecule has 0 atom stereocenters. The summed E-state index contributed by atoms with van der Waals surface area (Å²) in [5, 5.41) is 5.85. The number of hydrogen-bond donors (Lipinski definition) is 0. The Morgan fingerprint density at radius 2 is 1.95 bits per heavy atom. The standard InChI is InChI=1S/C33H30BrN3O6/c1-5-9-22-14-21(15-28(40-6-2)31(22)41-19-30(38)42-20(3)4)18-35-37-32(36-26-11-8-7-10-25(26)33(37)39)29-17-23-16-24(34)12-13-27(23)43-29/h5,7-8,10-18,20H,1,6,9,19H2,2-4H3. The molecule has 2 heterocycles. The third kappa shape index (κ3) is 6.70. The van der Waals surface area contributed by atoms with Crippen LogP contribution >= 0.6 is 15.9 Å². The van der Waals surface area contributed by atoms with Crippen LogP contribution in [0, 0.1) is 0 Å². The van der Waals surface area contributed by atoms with Gasteiger partial charge in [0.05, 0.1) is 29.8 Å². The molecule has 0 aliphatic rings. The lowest BCUT2D eigenvalue weighted by molar-refractivity contribution is -0.149. The summed E-state index contributed by atoms with van der Waals surface area (Å²) in [5.74, 6) is 1.01. The number of aromatic nitrogens is 2. The molecule has 0 saturated heterocycles. The Hall–Kier alpha value is -4.70. The highest BCUT2D eigenvalue weighted by atomic mass is 79.9. The van der Waals surface area contributed by atoms with Gasteiger partial charge in [-0.1, -0.05) is 34.1 Å². The maximum absolute atomic E-state index is 13.7. The van der Waals surface area contributed by atoms with E-state index in [0.717, 1.165) is 15.4 Å². The van der Waals surface area contributed by atoms with Gasteiger partial charge in [-0.05, 0) is 81.3 Å². The summed E-state index contributed by atoms with van der Waals surface area (Å²) < 4.78 is 25.2. The van der Waals surface area contributed by atoms with Crippen LogP contribution in [0.5, 0.6) is 11.5 Å². The van der Waals surface area contributed by atoms with Gasteiger partial charge in [-0.25, -0.2) is 9.78 Å². The number of furan rings is 1. The summed E-state index contributed by atoms with van der Waals surface area (Å²) in [4.78, 5) is 30.6. The van der Waals surface area contributed by atoms with Crippen molar-refractivity contribution in [2.75, 3.05) is 13.2 Å². The number of hydrogen-bond acceptors (Lipinski definition) is 8. The molecule has 0 bridgehead atoms. The first kappa shape index (κ1) is 29.8. The van der Waals surface area contributed by atoms with E-state index in [9.17, 15) is 9.59 Å². The van der Waals surface area contributed by atoms with Crippen molar-refractivity contribution in [2.24, 2.45) is 5.10 Å². The second-order valence-electron chi connectivity index (χ2n) is 9.87. The van der Waals surface area contributed by atoms with Crippen LogP contribution in [0.1, 0.15) is 31.9 Å². The summed E-state index contributed by atoms with van der Waals surface area (Å²) in [6, 6.07) is 18.2. The zero-order valence-corrected chi connectivity index (χ0v) is 25.6. The van der Waals surface area contributed by atoms with Crippen molar-refractivity contribution in [3.63, 3.8) is 0 Å². The van der Waals surface area contributed by atoms with Gasteiger partial charge in [0.15, 0.2) is 23.9 Å². The van der Waals surface area contributed by atoms with Crippen LogP contribution in [0.15, 0.2) is 92.1 Å². The summed E-state index contributed by atoms with van der Waals surface area (Å²) in [6.45, 7) is 9.34. The minimum Gasteiger partial charge on any atom is -0.490 e. The summed E-state index contributed by atoms with van der Waals surface area (Å²) in [7, 11) is 0. The molecule has 10 heteroatoms. The van der Waals surface area contributed by atoms with Gasteiger partial charge in [0.2, 0.25) is 5.82 Å². The predicted octanol–water partition coefficient (Wildman–Crippen LogP) is 6.91. The number of esters is 1. The fourth-order valence-corrected chi connectivity index (χ4v) is 4.94. The summed E-state index contributed by atoms with van der Waals surface area (Å²) >= 11 is 3.49. The van der Waals surface area contributed by atoms with Crippen molar-refractivity contribution in [2.45, 2.75) is 33.3 Å². The maximum Gasteiger partial charge on any atom is 0.344 e. The average Bonchev–Trinajstić information content (AvgIpc) is 3.39. The summed E-state index contributed by atoms with van der Waals surface area (Å²) in [6.07, 6.45) is 3.45. The van der Waals surface area contributed by atoms with E-state index in [1.54, 1.807) is 50.4 Å². The van der Waals surface area contributed by atoms with Gasteiger partial charge in [-0.15, -0.1) is 6.58 Å². The Morgan fingerprint density at radius 3 is 2.72 bits per heavy atom. The molecule has 0 spiro atoms. The van der Waals surface area contributed by atoms with E-state index in [1.165, 1.54) is 4.68 Å². The molecule has 0 amide bonds. The minimum absolute atomic E-state index is 0.256. The number of nitrogens with zero attached hydrogens (tertiary/aromatic N) is 3. The molecule has 5 aromatic rings. The number of carbonyl (C=O) groups excluding carboxylic acids is 1. The highest BCUT2D eigenvalue weighted by Crippen LogP contribution is 2.34. The van der Waals surface area contributed by atoms with Gasteiger partial charge in [0.25, 0.3) is 5.56 Å². The number of rotatable bonds is 11. The van der Waals surface area contributed by atoms with Crippen molar-refractivity contribution < 1.29 is 23.4 Å². The monoisotopic (exact) mass is 643 g/mol. The normalized spacial score (nSPS) is 11.5. The Balaban J connectivity index is 1.60. The molecule has 220 valence electrons. The molecule has 2 aromatic heterocycles. The highest BCUT2D eigenvalue weighted by molar-refractivity contribution is 9.10. The Labute approximate surface area is 256 Å². The first-order valence-corrected chi connectivity index (χ1v) is 14.5. The van der Waals surface area contributed by atoms with Crippen LogP contribution in [0.25, 0.3) is 33.5 Å². The number of fused-ring (bicyclic) bond motifs is 2. The van der Waals surface area contributed by atoms with Crippen molar-refractivity contribution in [1.82, 2.24) is 9.66 Å². The van der Waals surface area contributed by atoms with Gasteiger partial charge < -0.3 is 18.6 Å². The fourth-order valence-electron chi connectivity index (χ4n) is 4.56. The third-order valence-corrected chi connectivity index (χ3v) is 6.79.